The molecule has 9 heteroatoms. The molecule has 1 rings (SSSR count). The van der Waals surface area contributed by atoms with Crippen LogP contribution in [-0.4, -0.2) is 34.4 Å². The topological polar surface area (TPSA) is 98.7 Å². The van der Waals surface area contributed by atoms with Crippen LogP contribution in [0.25, 0.3) is 0 Å². The van der Waals surface area contributed by atoms with Crippen LogP contribution in [0.3, 0.4) is 0 Å². The van der Waals surface area contributed by atoms with Crippen LogP contribution in [0.4, 0.5) is 23.7 Å². The van der Waals surface area contributed by atoms with E-state index in [1.165, 1.54) is 6.07 Å². The first-order chi connectivity index (χ1) is 9.62. The molecule has 0 aliphatic rings. The monoisotopic (exact) mass is 306 g/mol. The zero-order chi connectivity index (χ0) is 16.2. The average molecular weight is 306 g/mol. The summed E-state index contributed by atoms with van der Waals surface area (Å²) in [6, 6.07) is 1.44. The van der Waals surface area contributed by atoms with Crippen molar-refractivity contribution < 1.29 is 33.0 Å². The molecular weight excluding hydrogens is 293 g/mol. The Balaban J connectivity index is 2.87. The summed E-state index contributed by atoms with van der Waals surface area (Å²) in [6.07, 6.45) is -6.08. The molecule has 0 radical (unpaired) electrons. The van der Waals surface area contributed by atoms with Crippen LogP contribution < -0.4 is 10.6 Å². The summed E-state index contributed by atoms with van der Waals surface area (Å²) in [5.41, 5.74) is -1.58. The number of benzene rings is 1. The molecule has 2 unspecified atom stereocenters. The largest absolute Gasteiger partial charge is 0.480 e. The van der Waals surface area contributed by atoms with Crippen molar-refractivity contribution in [3.63, 3.8) is 0 Å². The van der Waals surface area contributed by atoms with E-state index in [1.807, 2.05) is 10.6 Å². The molecule has 0 aromatic heterocycles. The van der Waals surface area contributed by atoms with Gasteiger partial charge < -0.3 is 20.8 Å². The Morgan fingerprint density at radius 1 is 1.24 bits per heavy atom. The molecule has 21 heavy (non-hydrogen) atoms. The number of para-hydroxylation sites is 1. The molecule has 0 aliphatic carbocycles. The van der Waals surface area contributed by atoms with Crippen molar-refractivity contribution in [2.75, 3.05) is 5.32 Å². The first-order valence-electron chi connectivity index (χ1n) is 5.77. The highest BCUT2D eigenvalue weighted by Crippen LogP contribution is 2.34. The minimum atomic E-state index is -4.67. The van der Waals surface area contributed by atoms with E-state index in [2.05, 4.69) is 0 Å². The highest BCUT2D eigenvalue weighted by Gasteiger charge is 2.34. The van der Waals surface area contributed by atoms with E-state index in [0.717, 1.165) is 25.1 Å². The maximum atomic E-state index is 12.7. The quantitative estimate of drug-likeness (QED) is 0.680. The van der Waals surface area contributed by atoms with Crippen LogP contribution in [0, 0.1) is 0 Å². The van der Waals surface area contributed by atoms with Gasteiger partial charge in [0.25, 0.3) is 0 Å². The predicted molar refractivity (Wildman–Crippen MR) is 66.7 cm³/mol. The lowest BCUT2D eigenvalue weighted by Gasteiger charge is -2.18. The fourth-order valence-electron chi connectivity index (χ4n) is 1.53. The Bertz CT molecular complexity index is 531. The Labute approximate surface area is 117 Å². The fourth-order valence-corrected chi connectivity index (χ4v) is 1.53. The number of carbonyl (C=O) groups excluding carboxylic acids is 1. The molecule has 0 fully saturated rings. The van der Waals surface area contributed by atoms with Crippen LogP contribution in [-0.2, 0) is 11.0 Å². The van der Waals surface area contributed by atoms with Gasteiger partial charge in [-0.2, -0.15) is 13.2 Å². The number of carboxylic acid groups (broad SMARTS) is 1. The number of amides is 2. The van der Waals surface area contributed by atoms with E-state index in [0.29, 0.717) is 0 Å². The molecule has 1 aromatic rings. The number of carboxylic acids is 1. The number of hydrogen-bond donors (Lipinski definition) is 4. The summed E-state index contributed by atoms with van der Waals surface area (Å²) in [5, 5.41) is 21.7. The van der Waals surface area contributed by atoms with Crippen molar-refractivity contribution in [1.29, 1.82) is 0 Å². The van der Waals surface area contributed by atoms with E-state index in [4.69, 9.17) is 5.11 Å². The standard InChI is InChI=1S/C12H13F3N2O4/c1-6(18)9(10(19)20)17-11(21)16-8-5-3-2-4-7(8)12(13,14)15/h2-6,9,18H,1H3,(H,19,20)(H2,16,17,21). The fraction of sp³-hybridized carbons (Fsp3) is 0.333. The lowest BCUT2D eigenvalue weighted by atomic mass is 10.1. The van der Waals surface area contributed by atoms with Crippen molar-refractivity contribution in [1.82, 2.24) is 5.32 Å². The summed E-state index contributed by atoms with van der Waals surface area (Å²) < 4.78 is 38.1. The third-order valence-electron chi connectivity index (χ3n) is 2.52. The molecular formula is C12H13F3N2O4. The van der Waals surface area contributed by atoms with E-state index in [-0.39, 0.29) is 0 Å². The van der Waals surface area contributed by atoms with E-state index >= 15 is 0 Å². The van der Waals surface area contributed by atoms with Crippen LogP contribution >= 0.6 is 0 Å². The summed E-state index contributed by atoms with van der Waals surface area (Å²) in [4.78, 5) is 22.3. The second-order valence-electron chi connectivity index (χ2n) is 4.20. The normalized spacial score (nSPS) is 14.1. The number of carbonyl (C=O) groups is 2. The minimum absolute atomic E-state index is 0.516. The van der Waals surface area contributed by atoms with Crippen molar-refractivity contribution in [3.05, 3.63) is 29.8 Å². The summed E-state index contributed by atoms with van der Waals surface area (Å²) in [5.74, 6) is -1.51. The Hall–Kier alpha value is -2.29. The number of hydrogen-bond acceptors (Lipinski definition) is 3. The third-order valence-corrected chi connectivity index (χ3v) is 2.52. The van der Waals surface area contributed by atoms with Gasteiger partial charge in [0.1, 0.15) is 0 Å². The van der Waals surface area contributed by atoms with Gasteiger partial charge in [-0.05, 0) is 19.1 Å². The van der Waals surface area contributed by atoms with Crippen LogP contribution in [0.2, 0.25) is 0 Å². The minimum Gasteiger partial charge on any atom is -0.480 e. The molecule has 0 bridgehead atoms. The Kier molecular flexibility index (Phi) is 5.14. The number of anilines is 1. The first-order valence-corrected chi connectivity index (χ1v) is 5.77. The summed E-state index contributed by atoms with van der Waals surface area (Å²) in [7, 11) is 0. The molecule has 2 atom stereocenters. The molecule has 2 amide bonds. The zero-order valence-electron chi connectivity index (χ0n) is 10.8. The number of halogens is 3. The predicted octanol–water partition coefficient (Wildman–Crippen LogP) is 1.66. The van der Waals surface area contributed by atoms with Gasteiger partial charge in [-0.25, -0.2) is 9.59 Å². The molecule has 116 valence electrons. The second kappa shape index (κ2) is 6.44. The number of rotatable bonds is 4. The summed E-state index contributed by atoms with van der Waals surface area (Å²) in [6.45, 7) is 1.13. The molecule has 0 heterocycles. The number of aliphatic hydroxyl groups excluding tert-OH is 1. The second-order valence-corrected chi connectivity index (χ2v) is 4.20. The molecule has 1 aromatic carbocycles. The number of alkyl halides is 3. The third kappa shape index (κ3) is 4.63. The highest BCUT2D eigenvalue weighted by molar-refractivity contribution is 5.93. The van der Waals surface area contributed by atoms with Crippen molar-refractivity contribution in [2.24, 2.45) is 0 Å². The molecule has 4 N–H and O–H groups in total. The van der Waals surface area contributed by atoms with Gasteiger partial charge in [0.15, 0.2) is 6.04 Å². The van der Waals surface area contributed by atoms with Gasteiger partial charge >= 0.3 is 18.2 Å². The van der Waals surface area contributed by atoms with E-state index < -0.39 is 41.6 Å². The molecule has 6 nitrogen and oxygen atoms in total. The van der Waals surface area contributed by atoms with Gasteiger partial charge in [0, 0.05) is 0 Å². The average Bonchev–Trinajstić information content (AvgIpc) is 2.34. The maximum Gasteiger partial charge on any atom is 0.418 e. The van der Waals surface area contributed by atoms with Crippen molar-refractivity contribution >= 4 is 17.7 Å². The number of aliphatic hydroxyl groups is 1. The molecule has 0 saturated carbocycles. The van der Waals surface area contributed by atoms with E-state index in [9.17, 15) is 27.9 Å². The lowest BCUT2D eigenvalue weighted by Crippen LogP contribution is -2.49. The molecule has 0 spiro atoms. The van der Waals surface area contributed by atoms with Crippen molar-refractivity contribution in [3.8, 4) is 0 Å². The van der Waals surface area contributed by atoms with Gasteiger partial charge in [-0.1, -0.05) is 12.1 Å². The Morgan fingerprint density at radius 2 is 1.81 bits per heavy atom. The van der Waals surface area contributed by atoms with E-state index in [1.54, 1.807) is 0 Å². The van der Waals surface area contributed by atoms with Gasteiger partial charge in [-0.3, -0.25) is 0 Å². The smallest absolute Gasteiger partial charge is 0.418 e. The first kappa shape index (κ1) is 16.8. The number of urea groups is 1. The number of aliphatic carboxylic acids is 1. The SMILES string of the molecule is CC(O)C(NC(=O)Nc1ccccc1C(F)(F)F)C(=O)O. The Morgan fingerprint density at radius 3 is 2.29 bits per heavy atom. The maximum absolute atomic E-state index is 12.7. The number of nitrogens with one attached hydrogen (secondary N) is 2. The van der Waals surface area contributed by atoms with Crippen LogP contribution in [0.1, 0.15) is 12.5 Å². The van der Waals surface area contributed by atoms with Crippen molar-refractivity contribution in [2.45, 2.75) is 25.2 Å². The zero-order valence-corrected chi connectivity index (χ0v) is 10.8. The van der Waals surface area contributed by atoms with Gasteiger partial charge in [0.2, 0.25) is 0 Å². The summed E-state index contributed by atoms with van der Waals surface area (Å²) >= 11 is 0. The van der Waals surface area contributed by atoms with Gasteiger partial charge in [0.05, 0.1) is 17.4 Å². The lowest BCUT2D eigenvalue weighted by molar-refractivity contribution is -0.141. The van der Waals surface area contributed by atoms with Gasteiger partial charge in [-0.15, -0.1) is 0 Å². The van der Waals surface area contributed by atoms with Crippen LogP contribution in [0.5, 0.6) is 0 Å². The molecule has 0 saturated heterocycles. The highest BCUT2D eigenvalue weighted by atomic mass is 19.4. The van der Waals surface area contributed by atoms with Crippen LogP contribution in [0.15, 0.2) is 24.3 Å². The molecule has 0 aliphatic heterocycles.